The number of hydrogen-bond donors (Lipinski definition) is 1. The summed E-state index contributed by atoms with van der Waals surface area (Å²) in [5.41, 5.74) is -0.610. The van der Waals surface area contributed by atoms with E-state index in [0.717, 1.165) is 5.01 Å². The third kappa shape index (κ3) is 3.34. The summed E-state index contributed by atoms with van der Waals surface area (Å²) in [5, 5.41) is 16.0. The molecule has 1 N–H and O–H groups in total. The Bertz CT molecular complexity index is 663. The number of pyridine rings is 1. The predicted octanol–water partition coefficient (Wildman–Crippen LogP) is 2.98. The molecule has 0 aliphatic rings. The van der Waals surface area contributed by atoms with Gasteiger partial charge in [0, 0.05) is 17.8 Å². The smallest absolute Gasteiger partial charge is 0.319 e. The molecule has 1 atom stereocenters. The Morgan fingerprint density at radius 3 is 2.86 bits per heavy atom. The first kappa shape index (κ1) is 15.3. The van der Waals surface area contributed by atoms with Gasteiger partial charge in [-0.3, -0.25) is 14.9 Å². The van der Waals surface area contributed by atoms with Gasteiger partial charge in [-0.25, -0.2) is 9.97 Å². The molecule has 110 valence electrons. The molecule has 0 aliphatic carbocycles. The van der Waals surface area contributed by atoms with Crippen LogP contribution in [0.5, 0.6) is 0 Å². The summed E-state index contributed by atoms with van der Waals surface area (Å²) < 4.78 is 0. The van der Waals surface area contributed by atoms with E-state index < -0.39 is 16.5 Å². The zero-order valence-corrected chi connectivity index (χ0v) is 12.5. The molecule has 0 aromatic carbocycles. The molecule has 2 aromatic heterocycles. The van der Waals surface area contributed by atoms with E-state index in [1.807, 2.05) is 6.92 Å². The average Bonchev–Trinajstić information content (AvgIpc) is 2.97. The molecule has 0 fully saturated rings. The molecule has 1 amide bonds. The highest BCUT2D eigenvalue weighted by molar-refractivity contribution is 7.09. The van der Waals surface area contributed by atoms with Gasteiger partial charge in [-0.2, -0.15) is 0 Å². The van der Waals surface area contributed by atoms with E-state index in [1.165, 1.54) is 23.6 Å². The third-order valence-electron chi connectivity index (χ3n) is 2.77. The largest absolute Gasteiger partial charge is 0.343 e. The number of hydrogen-bond acceptors (Lipinski definition) is 6. The van der Waals surface area contributed by atoms with Gasteiger partial charge in [0.2, 0.25) is 5.15 Å². The van der Waals surface area contributed by atoms with Crippen LogP contribution in [0.15, 0.2) is 23.8 Å². The second kappa shape index (κ2) is 6.59. The monoisotopic (exact) mass is 326 g/mol. The Morgan fingerprint density at radius 2 is 2.29 bits per heavy atom. The molecule has 9 heteroatoms. The summed E-state index contributed by atoms with van der Waals surface area (Å²) in [5.74, 6) is -0.576. The number of carbonyl (C=O) groups excluding carboxylic acids is 1. The molecule has 0 saturated heterocycles. The fourth-order valence-corrected chi connectivity index (χ4v) is 2.77. The van der Waals surface area contributed by atoms with Gasteiger partial charge >= 0.3 is 5.69 Å². The number of nitro groups is 1. The van der Waals surface area contributed by atoms with E-state index in [1.54, 1.807) is 11.6 Å². The van der Waals surface area contributed by atoms with Gasteiger partial charge < -0.3 is 5.32 Å². The zero-order valence-electron chi connectivity index (χ0n) is 10.9. The van der Waals surface area contributed by atoms with Crippen LogP contribution in [0.2, 0.25) is 5.15 Å². The third-order valence-corrected chi connectivity index (χ3v) is 3.94. The minimum absolute atomic E-state index is 0.116. The van der Waals surface area contributed by atoms with Crippen LogP contribution in [0, 0.1) is 10.1 Å². The quantitative estimate of drug-likeness (QED) is 0.517. The van der Waals surface area contributed by atoms with Crippen molar-refractivity contribution in [2.75, 3.05) is 0 Å². The molecule has 0 saturated carbocycles. The van der Waals surface area contributed by atoms with Crippen molar-refractivity contribution in [3.63, 3.8) is 0 Å². The van der Waals surface area contributed by atoms with Crippen molar-refractivity contribution in [1.82, 2.24) is 15.3 Å². The van der Waals surface area contributed by atoms with Crippen molar-refractivity contribution in [2.45, 2.75) is 19.4 Å². The molecule has 0 aliphatic heterocycles. The maximum absolute atomic E-state index is 12.3. The summed E-state index contributed by atoms with van der Waals surface area (Å²) in [6.07, 6.45) is 3.51. The van der Waals surface area contributed by atoms with Gasteiger partial charge in [-0.05, 0) is 12.5 Å². The van der Waals surface area contributed by atoms with Gasteiger partial charge in [-0.15, -0.1) is 11.3 Å². The lowest BCUT2D eigenvalue weighted by Crippen LogP contribution is -2.28. The van der Waals surface area contributed by atoms with E-state index in [0.29, 0.717) is 6.42 Å². The second-order valence-electron chi connectivity index (χ2n) is 4.06. The lowest BCUT2D eigenvalue weighted by molar-refractivity contribution is -0.385. The maximum atomic E-state index is 12.3. The highest BCUT2D eigenvalue weighted by atomic mass is 35.5. The van der Waals surface area contributed by atoms with Crippen LogP contribution in [0.3, 0.4) is 0 Å². The van der Waals surface area contributed by atoms with Gasteiger partial charge in [0.25, 0.3) is 5.91 Å². The molecule has 21 heavy (non-hydrogen) atoms. The molecule has 1 unspecified atom stereocenters. The lowest BCUT2D eigenvalue weighted by Gasteiger charge is -2.14. The summed E-state index contributed by atoms with van der Waals surface area (Å²) in [6, 6.07) is 0.970. The number of nitrogens with one attached hydrogen (secondary N) is 1. The molecule has 0 spiro atoms. The van der Waals surface area contributed by atoms with Crippen LogP contribution >= 0.6 is 22.9 Å². The molecule has 2 heterocycles. The lowest BCUT2D eigenvalue weighted by atomic mass is 10.1. The fourth-order valence-electron chi connectivity index (χ4n) is 1.77. The highest BCUT2D eigenvalue weighted by Crippen LogP contribution is 2.27. The first-order valence-corrected chi connectivity index (χ1v) is 7.29. The van der Waals surface area contributed by atoms with Gasteiger partial charge in [0.05, 0.1) is 11.0 Å². The van der Waals surface area contributed by atoms with Crippen LogP contribution in [0.25, 0.3) is 0 Å². The van der Waals surface area contributed by atoms with E-state index in [9.17, 15) is 14.9 Å². The van der Waals surface area contributed by atoms with Gasteiger partial charge in [-0.1, -0.05) is 18.5 Å². The molecular weight excluding hydrogens is 316 g/mol. The van der Waals surface area contributed by atoms with Crippen molar-refractivity contribution in [3.05, 3.63) is 49.7 Å². The SMILES string of the molecule is CCC(NC(=O)c1ccnc(Cl)c1[N+](=O)[O-])c1nccs1. The van der Waals surface area contributed by atoms with E-state index >= 15 is 0 Å². The van der Waals surface area contributed by atoms with E-state index in [4.69, 9.17) is 11.6 Å². The fraction of sp³-hybridized carbons (Fsp3) is 0.250. The van der Waals surface area contributed by atoms with Crippen LogP contribution in [0.1, 0.15) is 34.8 Å². The summed E-state index contributed by atoms with van der Waals surface area (Å²) in [4.78, 5) is 30.3. The van der Waals surface area contributed by atoms with E-state index in [2.05, 4.69) is 15.3 Å². The highest BCUT2D eigenvalue weighted by Gasteiger charge is 2.26. The number of rotatable bonds is 5. The van der Waals surface area contributed by atoms with Gasteiger partial charge in [0.15, 0.2) is 0 Å². The molecule has 7 nitrogen and oxygen atoms in total. The Hall–Kier alpha value is -2.06. The number of amides is 1. The molecule has 0 radical (unpaired) electrons. The number of nitrogens with zero attached hydrogens (tertiary/aromatic N) is 3. The molecule has 0 bridgehead atoms. The number of thiazole rings is 1. The predicted molar refractivity (Wildman–Crippen MR) is 78.5 cm³/mol. The van der Waals surface area contributed by atoms with Crippen LogP contribution < -0.4 is 5.32 Å². The van der Waals surface area contributed by atoms with Crippen molar-refractivity contribution in [1.29, 1.82) is 0 Å². The summed E-state index contributed by atoms with van der Waals surface area (Å²) in [7, 11) is 0. The van der Waals surface area contributed by atoms with Crippen molar-refractivity contribution in [2.24, 2.45) is 0 Å². The van der Waals surface area contributed by atoms with Gasteiger partial charge in [0.1, 0.15) is 10.6 Å². The maximum Gasteiger partial charge on any atom is 0.319 e. The van der Waals surface area contributed by atoms with Crippen molar-refractivity contribution < 1.29 is 9.72 Å². The first-order valence-electron chi connectivity index (χ1n) is 6.03. The standard InChI is InChI=1S/C12H11ClN4O3S/c1-2-8(12-15-5-6-21-12)16-11(18)7-3-4-14-10(13)9(7)17(19)20/h3-6,8H,2H2,1H3,(H,16,18). The van der Waals surface area contributed by atoms with Crippen molar-refractivity contribution >= 4 is 34.5 Å². The molecule has 2 rings (SSSR count). The minimum Gasteiger partial charge on any atom is -0.343 e. The Kier molecular flexibility index (Phi) is 4.81. The topological polar surface area (TPSA) is 98.0 Å². The first-order chi connectivity index (χ1) is 10.0. The minimum atomic E-state index is -0.714. The zero-order chi connectivity index (χ0) is 15.4. The number of aromatic nitrogens is 2. The summed E-state index contributed by atoms with van der Waals surface area (Å²) >= 11 is 7.10. The Balaban J connectivity index is 2.29. The molecule has 2 aromatic rings. The van der Waals surface area contributed by atoms with Crippen LogP contribution in [-0.2, 0) is 0 Å². The number of halogens is 1. The average molecular weight is 327 g/mol. The van der Waals surface area contributed by atoms with Crippen LogP contribution in [0.4, 0.5) is 5.69 Å². The van der Waals surface area contributed by atoms with Crippen molar-refractivity contribution in [3.8, 4) is 0 Å². The number of carbonyl (C=O) groups is 1. The van der Waals surface area contributed by atoms with E-state index in [-0.39, 0.29) is 16.8 Å². The second-order valence-corrected chi connectivity index (χ2v) is 5.34. The Morgan fingerprint density at radius 1 is 1.52 bits per heavy atom. The van der Waals surface area contributed by atoms with Crippen LogP contribution in [-0.4, -0.2) is 20.8 Å². The normalized spacial score (nSPS) is 11.9. The molecular formula is C12H11ClN4O3S. The summed E-state index contributed by atoms with van der Waals surface area (Å²) in [6.45, 7) is 1.89. The Labute approximate surface area is 129 Å².